The maximum atomic E-state index is 14.4. The smallest absolute Gasteiger partial charge is 0.126 e. The molecule has 0 heterocycles. The predicted octanol–water partition coefficient (Wildman–Crippen LogP) is 10.7. The van der Waals surface area contributed by atoms with Crippen LogP contribution < -0.4 is 0 Å². The second-order valence-corrected chi connectivity index (χ2v) is 9.25. The number of hydrogen-bond donors (Lipinski definition) is 0. The molecule has 1 heteroatoms. The largest absolute Gasteiger partial charge is 0.207 e. The highest BCUT2D eigenvalue weighted by atomic mass is 19.1. The van der Waals surface area contributed by atoms with Crippen molar-refractivity contribution < 1.29 is 4.39 Å². The Kier molecular flexibility index (Phi) is 13.8. The number of hydrogen-bond acceptors (Lipinski definition) is 0. The fraction of sp³-hybridized carbons (Fsp3) is 0.548. The highest BCUT2D eigenvalue weighted by Gasteiger charge is 2.03. The van der Waals surface area contributed by atoms with Crippen molar-refractivity contribution >= 4 is 5.83 Å². The van der Waals surface area contributed by atoms with E-state index in [1.54, 1.807) is 6.08 Å². The molecule has 0 aromatic heterocycles. The Morgan fingerprint density at radius 2 is 1.06 bits per heavy atom. The number of aryl methyl sites for hydroxylation is 1. The molecule has 0 aliphatic heterocycles. The van der Waals surface area contributed by atoms with E-state index in [1.165, 1.54) is 94.6 Å². The fourth-order valence-electron chi connectivity index (χ4n) is 4.24. The van der Waals surface area contributed by atoms with Gasteiger partial charge in [-0.05, 0) is 48.4 Å². The van der Waals surface area contributed by atoms with Crippen molar-refractivity contribution in [1.82, 2.24) is 0 Å². The van der Waals surface area contributed by atoms with Crippen LogP contribution in [0, 0.1) is 0 Å². The Balaban J connectivity index is 1.73. The first kappa shape index (κ1) is 26.4. The molecule has 2 aromatic rings. The minimum atomic E-state index is -0.0900. The highest BCUT2D eigenvalue weighted by molar-refractivity contribution is 5.68. The third-order valence-electron chi connectivity index (χ3n) is 6.40. The highest BCUT2D eigenvalue weighted by Crippen LogP contribution is 2.24. The zero-order chi connectivity index (χ0) is 22.9. The normalized spacial score (nSPS) is 11.8. The van der Waals surface area contributed by atoms with E-state index in [0.29, 0.717) is 5.56 Å². The Labute approximate surface area is 197 Å². The molecule has 0 aliphatic rings. The Morgan fingerprint density at radius 3 is 1.62 bits per heavy atom. The summed E-state index contributed by atoms with van der Waals surface area (Å²) in [6.45, 7) is 4.49. The lowest BCUT2D eigenvalue weighted by molar-refractivity contribution is 0.575. The van der Waals surface area contributed by atoms with Crippen molar-refractivity contribution in [2.24, 2.45) is 0 Å². The molecule has 0 amide bonds. The van der Waals surface area contributed by atoms with Gasteiger partial charge in [-0.1, -0.05) is 133 Å². The lowest BCUT2D eigenvalue weighted by atomic mass is 9.99. The summed E-state index contributed by atoms with van der Waals surface area (Å²) in [5, 5.41) is 0. The summed E-state index contributed by atoms with van der Waals surface area (Å²) >= 11 is 0. The average molecular weight is 437 g/mol. The van der Waals surface area contributed by atoms with Crippen LogP contribution >= 0.6 is 0 Å². The van der Waals surface area contributed by atoms with Gasteiger partial charge in [0.2, 0.25) is 0 Å². The molecule has 2 aromatic carbocycles. The lowest BCUT2D eigenvalue weighted by Gasteiger charge is -2.06. The summed E-state index contributed by atoms with van der Waals surface area (Å²) in [7, 11) is 0. The van der Waals surface area contributed by atoms with E-state index in [4.69, 9.17) is 0 Å². The molecule has 0 aliphatic carbocycles. The summed E-state index contributed by atoms with van der Waals surface area (Å²) in [6.07, 6.45) is 20.7. The molecule has 0 saturated carbocycles. The van der Waals surface area contributed by atoms with E-state index in [-0.39, 0.29) is 5.83 Å². The van der Waals surface area contributed by atoms with Gasteiger partial charge in [-0.25, -0.2) is 4.39 Å². The van der Waals surface area contributed by atoms with Gasteiger partial charge in [0.05, 0.1) is 0 Å². The molecular formula is C31H45F. The third-order valence-corrected chi connectivity index (χ3v) is 6.40. The summed E-state index contributed by atoms with van der Waals surface area (Å²) in [6, 6.07) is 16.8. The van der Waals surface area contributed by atoms with E-state index < -0.39 is 0 Å². The first-order valence-corrected chi connectivity index (χ1v) is 13.3. The average Bonchev–Trinajstić information content (AvgIpc) is 2.83. The number of unbranched alkanes of at least 4 members (excludes halogenated alkanes) is 12. The quantitative estimate of drug-likeness (QED) is 0.216. The molecule has 0 nitrogen and oxygen atoms in total. The van der Waals surface area contributed by atoms with E-state index in [0.717, 1.165) is 18.4 Å². The second kappa shape index (κ2) is 16.7. The van der Waals surface area contributed by atoms with Crippen LogP contribution in [-0.4, -0.2) is 0 Å². The van der Waals surface area contributed by atoms with Crippen LogP contribution in [0.2, 0.25) is 0 Å². The van der Waals surface area contributed by atoms with Crippen LogP contribution in [0.1, 0.15) is 115 Å². The number of rotatable bonds is 17. The van der Waals surface area contributed by atoms with Crippen LogP contribution in [0.3, 0.4) is 0 Å². The van der Waals surface area contributed by atoms with E-state index >= 15 is 0 Å². The van der Waals surface area contributed by atoms with Gasteiger partial charge >= 0.3 is 0 Å². The second-order valence-electron chi connectivity index (χ2n) is 9.25. The van der Waals surface area contributed by atoms with E-state index in [1.807, 2.05) is 24.3 Å². The van der Waals surface area contributed by atoms with Crippen LogP contribution in [0.25, 0.3) is 17.0 Å². The number of allylic oxidation sites excluding steroid dienone is 1. The van der Waals surface area contributed by atoms with Gasteiger partial charge in [0, 0.05) is 5.56 Å². The Bertz CT molecular complexity index is 739. The van der Waals surface area contributed by atoms with Gasteiger partial charge < -0.3 is 0 Å². The van der Waals surface area contributed by atoms with Crippen LogP contribution in [0.15, 0.2) is 54.6 Å². The van der Waals surface area contributed by atoms with E-state index in [2.05, 4.69) is 38.1 Å². The van der Waals surface area contributed by atoms with Crippen molar-refractivity contribution in [3.63, 3.8) is 0 Å². The van der Waals surface area contributed by atoms with Gasteiger partial charge in [-0.3, -0.25) is 0 Å². The first-order chi connectivity index (χ1) is 15.7. The van der Waals surface area contributed by atoms with Crippen LogP contribution in [-0.2, 0) is 6.42 Å². The lowest BCUT2D eigenvalue weighted by Crippen LogP contribution is -1.87. The number of benzene rings is 2. The maximum absolute atomic E-state index is 14.4. The van der Waals surface area contributed by atoms with Crippen molar-refractivity contribution in [2.75, 3.05) is 0 Å². The minimum Gasteiger partial charge on any atom is -0.207 e. The molecule has 0 N–H and O–H groups in total. The summed E-state index contributed by atoms with van der Waals surface area (Å²) < 4.78 is 14.4. The molecule has 32 heavy (non-hydrogen) atoms. The topological polar surface area (TPSA) is 0 Å². The Hall–Kier alpha value is -1.89. The molecule has 176 valence electrons. The summed E-state index contributed by atoms with van der Waals surface area (Å²) in [5.41, 5.74) is 4.47. The van der Waals surface area contributed by atoms with Crippen molar-refractivity contribution in [2.45, 2.75) is 110 Å². The third kappa shape index (κ3) is 10.6. The Morgan fingerprint density at radius 1 is 0.594 bits per heavy atom. The summed E-state index contributed by atoms with van der Waals surface area (Å²) in [5.74, 6) is -0.0900. The van der Waals surface area contributed by atoms with Gasteiger partial charge in [0.25, 0.3) is 0 Å². The van der Waals surface area contributed by atoms with Gasteiger partial charge in [0.1, 0.15) is 5.83 Å². The molecule has 0 saturated heterocycles. The molecule has 2 rings (SSSR count). The van der Waals surface area contributed by atoms with Crippen molar-refractivity contribution in [1.29, 1.82) is 0 Å². The fourth-order valence-corrected chi connectivity index (χ4v) is 4.24. The monoisotopic (exact) mass is 436 g/mol. The minimum absolute atomic E-state index is 0.0900. The molecule has 0 spiro atoms. The molecule has 0 atom stereocenters. The van der Waals surface area contributed by atoms with Gasteiger partial charge in [0.15, 0.2) is 0 Å². The zero-order valence-electron chi connectivity index (χ0n) is 20.7. The van der Waals surface area contributed by atoms with Gasteiger partial charge in [-0.2, -0.15) is 0 Å². The maximum Gasteiger partial charge on any atom is 0.126 e. The molecule has 0 bridgehead atoms. The zero-order valence-corrected chi connectivity index (χ0v) is 20.7. The van der Waals surface area contributed by atoms with Gasteiger partial charge in [-0.15, -0.1) is 0 Å². The van der Waals surface area contributed by atoms with E-state index in [9.17, 15) is 4.39 Å². The predicted molar refractivity (Wildman–Crippen MR) is 141 cm³/mol. The van der Waals surface area contributed by atoms with Crippen LogP contribution in [0.5, 0.6) is 0 Å². The number of halogens is 1. The standard InChI is InChI=1S/C31H45F/c1-3-5-7-9-11-12-13-15-17-27-19-21-28(22-20-27)29-23-25-30(26-24-29)31(32)18-16-14-10-8-6-4-2/h18-26H,3-17H2,1-2H3. The molecule has 0 unspecified atom stereocenters. The summed E-state index contributed by atoms with van der Waals surface area (Å²) in [4.78, 5) is 0. The van der Waals surface area contributed by atoms with Crippen molar-refractivity contribution in [3.05, 3.63) is 65.7 Å². The van der Waals surface area contributed by atoms with Crippen molar-refractivity contribution in [3.8, 4) is 11.1 Å². The van der Waals surface area contributed by atoms with Crippen LogP contribution in [0.4, 0.5) is 4.39 Å². The first-order valence-electron chi connectivity index (χ1n) is 13.3. The molecule has 0 radical (unpaired) electrons. The SMILES string of the molecule is CCCCCCCC=C(F)c1ccc(-c2ccc(CCCCCCCCCC)cc2)cc1. The molecular weight excluding hydrogens is 391 g/mol. The molecule has 0 fully saturated rings.